The Balaban J connectivity index is 1.69. The Labute approximate surface area is 170 Å². The van der Waals surface area contributed by atoms with Crippen LogP contribution in [-0.4, -0.2) is 35.8 Å². The summed E-state index contributed by atoms with van der Waals surface area (Å²) in [4.78, 5) is 11.6. The first-order valence-corrected chi connectivity index (χ1v) is 11.8. The molecule has 7 nitrogen and oxygen atoms in total. The van der Waals surface area contributed by atoms with Crippen molar-refractivity contribution in [1.29, 1.82) is 0 Å². The predicted molar refractivity (Wildman–Crippen MR) is 105 cm³/mol. The first-order chi connectivity index (χ1) is 13.5. The van der Waals surface area contributed by atoms with Gasteiger partial charge in [-0.25, -0.2) is 0 Å². The van der Waals surface area contributed by atoms with Gasteiger partial charge in [0.2, 0.25) is 0 Å². The minimum Gasteiger partial charge on any atom is -0.300 e. The Kier molecular flexibility index (Phi) is 5.96. The molecule has 156 valence electrons. The molecule has 0 bridgehead atoms. The zero-order valence-electron chi connectivity index (χ0n) is 16.1. The lowest BCUT2D eigenvalue weighted by Crippen LogP contribution is -2.46. The zero-order valence-corrected chi connectivity index (χ0v) is 17.8. The van der Waals surface area contributed by atoms with Gasteiger partial charge in [0, 0.05) is 18.3 Å². The number of benzene rings is 2. The zero-order chi connectivity index (χ0) is 21.3. The molecule has 0 saturated heterocycles. The smallest absolute Gasteiger partial charge is 0.296 e. The number of hydrogen-bond acceptors (Lipinski definition) is 7. The number of aryl methyl sites for hydroxylation is 2. The fraction of sp³-hybridized carbons (Fsp3) is 0.350. The van der Waals surface area contributed by atoms with Gasteiger partial charge in [0.1, 0.15) is 5.78 Å². The van der Waals surface area contributed by atoms with E-state index in [1.807, 2.05) is 13.8 Å². The molecule has 2 aromatic carbocycles. The molecule has 1 fully saturated rings. The van der Waals surface area contributed by atoms with Gasteiger partial charge in [-0.2, -0.15) is 16.8 Å². The Morgan fingerprint density at radius 3 is 1.38 bits per heavy atom. The number of Topliss-reactive ketones (excluding diaryl/α,β-unsaturated/α-hetero) is 1. The Bertz CT molecular complexity index is 1010. The van der Waals surface area contributed by atoms with E-state index in [9.17, 15) is 21.6 Å². The molecule has 0 aliphatic heterocycles. The van der Waals surface area contributed by atoms with Crippen molar-refractivity contribution in [3.8, 4) is 0 Å². The monoisotopic (exact) mass is 438 g/mol. The van der Waals surface area contributed by atoms with Crippen LogP contribution in [0.25, 0.3) is 0 Å². The van der Waals surface area contributed by atoms with Crippen LogP contribution in [-0.2, 0) is 33.4 Å². The molecule has 0 atom stereocenters. The number of rotatable bonds is 8. The van der Waals surface area contributed by atoms with E-state index in [0.29, 0.717) is 0 Å². The standard InChI is InChI=1S/C20H22O7S2/c1-15-3-7-18(8-4-15)28(22,23)26-13-20(11-17(21)12-20)14-27-29(24,25)19-9-5-16(2)6-10-19/h3-10H,11-14H2,1-2H3. The van der Waals surface area contributed by atoms with E-state index >= 15 is 0 Å². The third-order valence-corrected chi connectivity index (χ3v) is 7.36. The minimum absolute atomic E-state index is 0.000163. The number of ketones is 1. The van der Waals surface area contributed by atoms with Crippen molar-refractivity contribution >= 4 is 26.0 Å². The van der Waals surface area contributed by atoms with Crippen LogP contribution in [0, 0.1) is 19.3 Å². The molecule has 29 heavy (non-hydrogen) atoms. The van der Waals surface area contributed by atoms with Crippen molar-refractivity contribution in [3.63, 3.8) is 0 Å². The van der Waals surface area contributed by atoms with E-state index in [-0.39, 0.29) is 41.6 Å². The maximum absolute atomic E-state index is 12.4. The second-order valence-electron chi connectivity index (χ2n) is 7.45. The predicted octanol–water partition coefficient (Wildman–Crippen LogP) is 2.76. The van der Waals surface area contributed by atoms with E-state index < -0.39 is 25.7 Å². The van der Waals surface area contributed by atoms with Crippen LogP contribution in [0.2, 0.25) is 0 Å². The van der Waals surface area contributed by atoms with E-state index in [4.69, 9.17) is 8.37 Å². The third kappa shape index (κ3) is 5.11. The fourth-order valence-electron chi connectivity index (χ4n) is 2.98. The van der Waals surface area contributed by atoms with Gasteiger partial charge < -0.3 is 0 Å². The number of carbonyl (C=O) groups excluding carboxylic acids is 1. The van der Waals surface area contributed by atoms with E-state index in [2.05, 4.69) is 0 Å². The molecule has 0 heterocycles. The van der Waals surface area contributed by atoms with Crippen LogP contribution < -0.4 is 0 Å². The lowest BCUT2D eigenvalue weighted by Gasteiger charge is -2.38. The maximum atomic E-state index is 12.4. The molecule has 0 amide bonds. The van der Waals surface area contributed by atoms with Crippen molar-refractivity contribution in [2.75, 3.05) is 13.2 Å². The molecule has 0 radical (unpaired) electrons. The van der Waals surface area contributed by atoms with Crippen molar-refractivity contribution in [2.24, 2.45) is 5.41 Å². The second kappa shape index (κ2) is 7.98. The van der Waals surface area contributed by atoms with Gasteiger partial charge >= 0.3 is 0 Å². The van der Waals surface area contributed by atoms with Crippen LogP contribution in [0.1, 0.15) is 24.0 Å². The molecule has 0 spiro atoms. The summed E-state index contributed by atoms with van der Waals surface area (Å²) < 4.78 is 59.9. The first-order valence-electron chi connectivity index (χ1n) is 8.95. The number of carbonyl (C=O) groups is 1. The first kappa shape index (κ1) is 21.6. The van der Waals surface area contributed by atoms with Crippen molar-refractivity contribution < 1.29 is 30.0 Å². The highest BCUT2D eigenvalue weighted by Crippen LogP contribution is 2.40. The molecule has 1 saturated carbocycles. The topological polar surface area (TPSA) is 104 Å². The Morgan fingerprint density at radius 1 is 0.724 bits per heavy atom. The van der Waals surface area contributed by atoms with E-state index in [0.717, 1.165) is 11.1 Å². The summed E-state index contributed by atoms with van der Waals surface area (Å²) in [5.74, 6) is -0.0994. The van der Waals surface area contributed by atoms with Crippen LogP contribution >= 0.6 is 0 Å². The largest absolute Gasteiger partial charge is 0.300 e. The Morgan fingerprint density at radius 2 is 1.07 bits per heavy atom. The van der Waals surface area contributed by atoms with Crippen LogP contribution in [0.4, 0.5) is 0 Å². The summed E-state index contributed by atoms with van der Waals surface area (Å²) in [5, 5.41) is 0. The highest BCUT2D eigenvalue weighted by atomic mass is 32.2. The van der Waals surface area contributed by atoms with Crippen LogP contribution in [0.5, 0.6) is 0 Å². The van der Waals surface area contributed by atoms with Gasteiger partial charge in [-0.15, -0.1) is 0 Å². The van der Waals surface area contributed by atoms with Crippen molar-refractivity contribution in [3.05, 3.63) is 59.7 Å². The van der Waals surface area contributed by atoms with Crippen LogP contribution in [0.3, 0.4) is 0 Å². The summed E-state index contributed by atoms with van der Waals surface area (Å²) in [6.45, 7) is 2.99. The average molecular weight is 439 g/mol. The summed E-state index contributed by atoms with van der Waals surface area (Å²) in [5.41, 5.74) is 0.812. The molecule has 2 aromatic rings. The average Bonchev–Trinajstić information content (AvgIpc) is 2.64. The lowest BCUT2D eigenvalue weighted by atomic mass is 9.69. The van der Waals surface area contributed by atoms with Crippen molar-refractivity contribution in [2.45, 2.75) is 36.5 Å². The quantitative estimate of drug-likeness (QED) is 0.584. The molecule has 9 heteroatoms. The van der Waals surface area contributed by atoms with E-state index in [1.165, 1.54) is 24.3 Å². The van der Waals surface area contributed by atoms with Gasteiger partial charge in [0.05, 0.1) is 23.0 Å². The molecular formula is C20H22O7S2. The van der Waals surface area contributed by atoms with E-state index in [1.54, 1.807) is 24.3 Å². The molecule has 1 aliphatic carbocycles. The van der Waals surface area contributed by atoms with Gasteiger partial charge in [-0.05, 0) is 38.1 Å². The molecule has 0 unspecified atom stereocenters. The molecule has 3 rings (SSSR count). The Hall–Kier alpha value is -2.07. The summed E-state index contributed by atoms with van der Waals surface area (Å²) in [7, 11) is -8.06. The normalized spacial score (nSPS) is 16.4. The molecular weight excluding hydrogens is 416 g/mol. The third-order valence-electron chi connectivity index (χ3n) is 4.80. The molecule has 1 aliphatic rings. The van der Waals surface area contributed by atoms with Gasteiger partial charge in [0.25, 0.3) is 20.2 Å². The highest BCUT2D eigenvalue weighted by molar-refractivity contribution is 7.87. The van der Waals surface area contributed by atoms with Gasteiger partial charge in [-0.3, -0.25) is 13.2 Å². The summed E-state index contributed by atoms with van der Waals surface area (Å²) in [6.07, 6.45) is -0.000326. The summed E-state index contributed by atoms with van der Waals surface area (Å²) >= 11 is 0. The maximum Gasteiger partial charge on any atom is 0.296 e. The van der Waals surface area contributed by atoms with Crippen LogP contribution in [0.15, 0.2) is 58.3 Å². The lowest BCUT2D eigenvalue weighted by molar-refractivity contribution is -0.137. The highest BCUT2D eigenvalue weighted by Gasteiger charge is 2.46. The second-order valence-corrected chi connectivity index (χ2v) is 10.7. The minimum atomic E-state index is -4.03. The molecule has 0 N–H and O–H groups in total. The fourth-order valence-corrected chi connectivity index (χ4v) is 5.00. The van der Waals surface area contributed by atoms with Gasteiger partial charge in [0.15, 0.2) is 0 Å². The summed E-state index contributed by atoms with van der Waals surface area (Å²) in [6, 6.07) is 12.3. The van der Waals surface area contributed by atoms with Crippen molar-refractivity contribution in [1.82, 2.24) is 0 Å². The molecule has 0 aromatic heterocycles. The van der Waals surface area contributed by atoms with Gasteiger partial charge in [-0.1, -0.05) is 35.4 Å². The number of hydrogen-bond donors (Lipinski definition) is 0. The SMILES string of the molecule is Cc1ccc(S(=O)(=O)OCC2(COS(=O)(=O)c3ccc(C)cc3)CC(=O)C2)cc1.